The van der Waals surface area contributed by atoms with E-state index in [-0.39, 0.29) is 63.6 Å². The third-order valence-corrected chi connectivity index (χ3v) is 10.8. The Bertz CT molecular complexity index is 2210. The number of alkyl halides is 2. The molecule has 0 amide bonds. The van der Waals surface area contributed by atoms with E-state index in [1.807, 2.05) is 11.9 Å². The second-order valence-electron chi connectivity index (χ2n) is 14.4. The Morgan fingerprint density at radius 1 is 1.08 bits per heavy atom. The Morgan fingerprint density at radius 3 is 2.56 bits per heavy atom. The van der Waals surface area contributed by atoms with Gasteiger partial charge in [-0.05, 0) is 62.0 Å². The van der Waals surface area contributed by atoms with Crippen molar-refractivity contribution in [3.8, 4) is 35.2 Å². The van der Waals surface area contributed by atoms with Gasteiger partial charge in [0.25, 0.3) is 0 Å². The number of nitrogens with zero attached hydrogens (tertiary/aromatic N) is 6. The zero-order valence-electron chi connectivity index (χ0n) is 28.0. The minimum Gasteiger partial charge on any atom is -0.508 e. The van der Waals surface area contributed by atoms with Crippen molar-refractivity contribution in [1.29, 1.82) is 0 Å². The molecule has 50 heavy (non-hydrogen) atoms. The number of ether oxygens (including phenoxy) is 1. The van der Waals surface area contributed by atoms with Crippen LogP contribution in [0.5, 0.6) is 11.8 Å². The van der Waals surface area contributed by atoms with E-state index in [1.54, 1.807) is 24.9 Å². The van der Waals surface area contributed by atoms with Gasteiger partial charge in [-0.15, -0.1) is 6.42 Å². The standard InChI is InChI=1S/C37H37F4N7O2/c1-5-23-27(38)9-6-19-12-22(49)13-24(28(19)23)29-31(39)33-30(25-16-47(4)45-32(25)29)35(48-14-20-7-8-21(15-48)42-20)44-36(43-33)50-18-37(2)17-46(3)11-10-26(37)34(40)41/h1,6,9,12-13,16,20-21,26,34,42,49H,7-8,10-11,14-15,17-18H2,2-4H3/t20-,21+,26-,37+/m1/s1. The Labute approximate surface area is 286 Å². The van der Waals surface area contributed by atoms with Crippen molar-refractivity contribution in [3.63, 3.8) is 0 Å². The van der Waals surface area contributed by atoms with Crippen molar-refractivity contribution in [2.75, 3.05) is 44.7 Å². The molecule has 4 atom stereocenters. The number of hydrogen-bond donors (Lipinski definition) is 2. The second kappa shape index (κ2) is 12.0. The molecule has 0 radical (unpaired) electrons. The molecule has 2 bridgehead atoms. The van der Waals surface area contributed by atoms with Gasteiger partial charge in [-0.25, -0.2) is 17.6 Å². The van der Waals surface area contributed by atoms with Crippen LogP contribution in [0, 0.1) is 35.3 Å². The van der Waals surface area contributed by atoms with Crippen LogP contribution in [0.25, 0.3) is 43.7 Å². The van der Waals surface area contributed by atoms with Gasteiger partial charge in [0.15, 0.2) is 5.82 Å². The van der Waals surface area contributed by atoms with Crippen LogP contribution >= 0.6 is 0 Å². The molecule has 5 aromatic rings. The van der Waals surface area contributed by atoms with Crippen LogP contribution in [-0.4, -0.2) is 88.1 Å². The van der Waals surface area contributed by atoms with Gasteiger partial charge in [0, 0.05) is 72.6 Å². The van der Waals surface area contributed by atoms with Crippen molar-refractivity contribution in [1.82, 2.24) is 30.0 Å². The summed E-state index contributed by atoms with van der Waals surface area (Å²) in [4.78, 5) is 13.6. The maximum atomic E-state index is 17.5. The van der Waals surface area contributed by atoms with E-state index < -0.39 is 29.4 Å². The number of piperidine rings is 1. The predicted octanol–water partition coefficient (Wildman–Crippen LogP) is 5.84. The molecule has 2 N–H and O–H groups in total. The second-order valence-corrected chi connectivity index (χ2v) is 14.4. The number of hydrogen-bond acceptors (Lipinski definition) is 8. The first kappa shape index (κ1) is 32.5. The van der Waals surface area contributed by atoms with E-state index in [0.29, 0.717) is 54.6 Å². The Hall–Kier alpha value is -4.67. The van der Waals surface area contributed by atoms with Crippen LogP contribution in [0.2, 0.25) is 0 Å². The van der Waals surface area contributed by atoms with Gasteiger partial charge < -0.3 is 25.0 Å². The fraction of sp³-hybridized carbons (Fsp3) is 0.432. The molecule has 2 aromatic heterocycles. The third-order valence-electron chi connectivity index (χ3n) is 10.8. The van der Waals surface area contributed by atoms with E-state index in [4.69, 9.17) is 16.1 Å². The number of aromatic nitrogens is 4. The summed E-state index contributed by atoms with van der Waals surface area (Å²) in [5.41, 5.74) is -0.685. The van der Waals surface area contributed by atoms with Gasteiger partial charge in [-0.2, -0.15) is 15.1 Å². The fourth-order valence-corrected chi connectivity index (χ4v) is 8.52. The lowest BCUT2D eigenvalue weighted by molar-refractivity contribution is -0.0679. The number of aryl methyl sites for hydroxylation is 1. The minimum absolute atomic E-state index is 0.0225. The van der Waals surface area contributed by atoms with E-state index in [0.717, 1.165) is 12.8 Å². The minimum atomic E-state index is -2.53. The molecule has 3 fully saturated rings. The lowest BCUT2D eigenvalue weighted by Crippen LogP contribution is -2.51. The highest BCUT2D eigenvalue weighted by atomic mass is 19.3. The van der Waals surface area contributed by atoms with Gasteiger partial charge in [0.05, 0.1) is 17.6 Å². The molecule has 3 aliphatic rings. The van der Waals surface area contributed by atoms with Gasteiger partial charge >= 0.3 is 6.01 Å². The van der Waals surface area contributed by atoms with Crippen LogP contribution < -0.4 is 15.0 Å². The van der Waals surface area contributed by atoms with Crippen molar-refractivity contribution < 1.29 is 27.4 Å². The zero-order chi connectivity index (χ0) is 35.1. The van der Waals surface area contributed by atoms with Crippen molar-refractivity contribution in [3.05, 3.63) is 47.7 Å². The summed E-state index contributed by atoms with van der Waals surface area (Å²) in [6.45, 7) is 3.85. The molecule has 0 aliphatic carbocycles. The molecule has 0 spiro atoms. The predicted molar refractivity (Wildman–Crippen MR) is 184 cm³/mol. The third kappa shape index (κ3) is 5.27. The highest BCUT2D eigenvalue weighted by Gasteiger charge is 2.45. The maximum Gasteiger partial charge on any atom is 0.319 e. The highest BCUT2D eigenvalue weighted by Crippen LogP contribution is 2.46. The number of rotatable bonds is 6. The summed E-state index contributed by atoms with van der Waals surface area (Å²) in [6.07, 6.45) is 7.30. The SMILES string of the molecule is C#Cc1c(F)ccc2cc(O)cc(-c3c(F)c4nc(OC[C@]5(C)CN(C)CC[C@@H]5C(F)F)nc(N5C[C@H]6CC[C@@H](C5)N6)c4c4cn(C)nc34)c12. The number of likely N-dealkylation sites (tertiary alicyclic amines) is 1. The molecule has 3 saturated heterocycles. The van der Waals surface area contributed by atoms with Gasteiger partial charge in [-0.3, -0.25) is 4.68 Å². The number of aromatic hydroxyl groups is 1. The number of fused-ring (bicyclic) bond motifs is 6. The average Bonchev–Trinajstić information content (AvgIpc) is 3.63. The van der Waals surface area contributed by atoms with Crippen molar-refractivity contribution in [2.45, 2.75) is 44.7 Å². The molecule has 9 nitrogen and oxygen atoms in total. The largest absolute Gasteiger partial charge is 0.508 e. The van der Waals surface area contributed by atoms with E-state index >= 15 is 8.78 Å². The average molecular weight is 688 g/mol. The first-order valence-corrected chi connectivity index (χ1v) is 16.8. The summed E-state index contributed by atoms with van der Waals surface area (Å²) in [5, 5.41) is 20.7. The van der Waals surface area contributed by atoms with Crippen LogP contribution in [-0.2, 0) is 7.05 Å². The summed E-state index contributed by atoms with van der Waals surface area (Å²) in [7, 11) is 3.60. The highest BCUT2D eigenvalue weighted by molar-refractivity contribution is 6.18. The summed E-state index contributed by atoms with van der Waals surface area (Å²) in [5.74, 6) is 0.337. The number of anilines is 1. The number of terminal acetylenes is 1. The number of phenolic OH excluding ortho intramolecular Hbond substituents is 1. The number of piperazine rings is 1. The zero-order valence-corrected chi connectivity index (χ0v) is 28.0. The molecular formula is C37H37F4N7O2. The maximum absolute atomic E-state index is 17.5. The van der Waals surface area contributed by atoms with Crippen LogP contribution in [0.1, 0.15) is 31.7 Å². The molecule has 8 rings (SSSR count). The van der Waals surface area contributed by atoms with Gasteiger partial charge in [0.1, 0.15) is 28.4 Å². The fourth-order valence-electron chi connectivity index (χ4n) is 8.52. The molecule has 13 heteroatoms. The lowest BCUT2D eigenvalue weighted by atomic mass is 9.73. The summed E-state index contributed by atoms with van der Waals surface area (Å²) >= 11 is 0. The first-order valence-electron chi connectivity index (χ1n) is 16.8. The normalized spacial score (nSPS) is 24.1. The van der Waals surface area contributed by atoms with E-state index in [2.05, 4.69) is 26.2 Å². The molecule has 5 heterocycles. The summed E-state index contributed by atoms with van der Waals surface area (Å²) < 4.78 is 68.9. The van der Waals surface area contributed by atoms with E-state index in [1.165, 1.54) is 24.3 Å². The van der Waals surface area contributed by atoms with Crippen molar-refractivity contribution >= 4 is 38.4 Å². The molecule has 260 valence electrons. The van der Waals surface area contributed by atoms with Gasteiger partial charge in [-0.1, -0.05) is 18.9 Å². The Morgan fingerprint density at radius 2 is 1.84 bits per heavy atom. The number of nitrogens with one attached hydrogen (secondary N) is 1. The van der Waals surface area contributed by atoms with Gasteiger partial charge in [0.2, 0.25) is 6.43 Å². The lowest BCUT2D eigenvalue weighted by Gasteiger charge is -2.44. The number of halogens is 4. The van der Waals surface area contributed by atoms with Crippen LogP contribution in [0.3, 0.4) is 0 Å². The summed E-state index contributed by atoms with van der Waals surface area (Å²) in [6, 6.07) is 5.77. The number of benzene rings is 3. The molecule has 0 unspecified atom stereocenters. The molecular weight excluding hydrogens is 650 g/mol. The van der Waals surface area contributed by atoms with Crippen LogP contribution in [0.4, 0.5) is 23.4 Å². The quantitative estimate of drug-likeness (QED) is 0.170. The molecule has 3 aliphatic heterocycles. The first-order chi connectivity index (χ1) is 23.9. The Balaban J connectivity index is 1.37. The smallest absolute Gasteiger partial charge is 0.319 e. The van der Waals surface area contributed by atoms with Crippen molar-refractivity contribution in [2.24, 2.45) is 18.4 Å². The molecule has 3 aromatic carbocycles. The molecule has 0 saturated carbocycles. The number of phenols is 1. The van der Waals surface area contributed by atoms with Crippen LogP contribution in [0.15, 0.2) is 30.5 Å². The van der Waals surface area contributed by atoms with E-state index in [9.17, 15) is 13.9 Å². The monoisotopic (exact) mass is 687 g/mol. The Kier molecular flexibility index (Phi) is 7.80. The topological polar surface area (TPSA) is 91.6 Å².